The summed E-state index contributed by atoms with van der Waals surface area (Å²) in [5.41, 5.74) is 14.3. The number of nitrogen functional groups attached to an aromatic ring is 2. The van der Waals surface area contributed by atoms with Gasteiger partial charge in [0.2, 0.25) is 29.5 Å². The van der Waals surface area contributed by atoms with Gasteiger partial charge in [-0.15, -0.1) is 10.2 Å². The van der Waals surface area contributed by atoms with Crippen molar-refractivity contribution >= 4 is 93.0 Å². The molecule has 72 heavy (non-hydrogen) atoms. The van der Waals surface area contributed by atoms with E-state index in [1.807, 2.05) is 0 Å². The number of anilines is 4. The summed E-state index contributed by atoms with van der Waals surface area (Å²) >= 11 is 6.60. The number of carboxylic acid groups (broad SMARTS) is 1. The van der Waals surface area contributed by atoms with E-state index in [4.69, 9.17) is 23.1 Å². The molecular formula is C47H54ClN15O9. The second kappa shape index (κ2) is 24.3. The zero-order valence-electron chi connectivity index (χ0n) is 39.5. The van der Waals surface area contributed by atoms with Gasteiger partial charge in [0.15, 0.2) is 0 Å². The Balaban J connectivity index is 0.958. The average molecular weight is 1010 g/mol. The molecule has 0 saturated carbocycles. The second-order valence-electron chi connectivity index (χ2n) is 17.1. The molecular weight excluding hydrogens is 954 g/mol. The van der Waals surface area contributed by atoms with E-state index in [1.165, 1.54) is 49.4 Å². The number of nitrogens with zero attached hydrogens (tertiary/aromatic N) is 6. The highest BCUT2D eigenvalue weighted by molar-refractivity contribution is 6.37. The molecule has 2 aromatic heterocycles. The number of imide groups is 1. The molecule has 1 aliphatic heterocycles. The summed E-state index contributed by atoms with van der Waals surface area (Å²) in [6.07, 6.45) is 4.26. The van der Waals surface area contributed by atoms with Crippen LogP contribution in [0.2, 0.25) is 5.02 Å². The first-order chi connectivity index (χ1) is 34.4. The lowest BCUT2D eigenvalue weighted by Crippen LogP contribution is -2.53. The van der Waals surface area contributed by atoms with Crippen molar-refractivity contribution in [1.29, 1.82) is 0 Å². The van der Waals surface area contributed by atoms with Crippen LogP contribution in [0.1, 0.15) is 85.6 Å². The Kier molecular flexibility index (Phi) is 17.9. The van der Waals surface area contributed by atoms with E-state index in [1.54, 1.807) is 38.1 Å². The molecule has 0 radical (unpaired) electrons. The molecule has 1 aliphatic rings. The lowest BCUT2D eigenvalue weighted by atomic mass is 10.0. The number of carboxylic acids is 1. The molecule has 0 spiro atoms. The van der Waals surface area contributed by atoms with Gasteiger partial charge in [0.05, 0.1) is 21.5 Å². The molecule has 0 aliphatic carbocycles. The van der Waals surface area contributed by atoms with Crippen LogP contribution >= 0.6 is 11.6 Å². The van der Waals surface area contributed by atoms with Crippen LogP contribution in [0.15, 0.2) is 66.7 Å². The van der Waals surface area contributed by atoms with Crippen LogP contribution in [0.25, 0.3) is 22.3 Å². The van der Waals surface area contributed by atoms with Crippen LogP contribution < -0.4 is 43.4 Å². The number of nitrogens with one attached hydrogen (secondary N) is 7. The Bertz CT molecular complexity index is 2860. The zero-order valence-corrected chi connectivity index (χ0v) is 40.2. The first-order valence-corrected chi connectivity index (χ1v) is 23.3. The summed E-state index contributed by atoms with van der Waals surface area (Å²) in [5, 5.41) is 41.2. The predicted molar refractivity (Wildman–Crippen MR) is 265 cm³/mol. The minimum absolute atomic E-state index is 0.0234. The van der Waals surface area contributed by atoms with Gasteiger partial charge in [0.25, 0.3) is 23.6 Å². The van der Waals surface area contributed by atoms with Gasteiger partial charge in [0.1, 0.15) is 23.9 Å². The normalized spacial score (nSPS) is 13.4. The van der Waals surface area contributed by atoms with Crippen molar-refractivity contribution in [3.8, 4) is 11.4 Å². The molecule has 6 rings (SSSR count). The number of aromatic nitrogens is 6. The Hall–Kier alpha value is -8.54. The van der Waals surface area contributed by atoms with E-state index in [0.717, 1.165) is 4.90 Å². The lowest BCUT2D eigenvalue weighted by molar-refractivity contribution is -0.139. The maximum absolute atomic E-state index is 13.5. The maximum atomic E-state index is 13.5. The predicted octanol–water partition coefficient (Wildman–Crippen LogP) is 2.70. The van der Waals surface area contributed by atoms with Crippen LogP contribution in [0.4, 0.5) is 23.1 Å². The third-order valence-electron chi connectivity index (χ3n) is 11.4. The molecule has 25 heteroatoms. The largest absolute Gasteiger partial charge is 0.480 e. The second-order valence-corrected chi connectivity index (χ2v) is 17.4. The minimum Gasteiger partial charge on any atom is -0.480 e. The van der Waals surface area contributed by atoms with E-state index in [-0.39, 0.29) is 96.0 Å². The fourth-order valence-electron chi connectivity index (χ4n) is 7.51. The summed E-state index contributed by atoms with van der Waals surface area (Å²) in [6.45, 7) is 5.54. The number of carbonyl (C=O) groups is 8. The smallest absolute Gasteiger partial charge is 0.326 e. The number of amides is 7. The number of fused-ring (bicyclic) bond motifs is 1. The molecule has 0 bridgehead atoms. The number of nitrogens with two attached hydrogens (primary N) is 2. The van der Waals surface area contributed by atoms with Crippen molar-refractivity contribution in [1.82, 2.24) is 56.8 Å². The number of H-pyrrole nitrogens is 1. The molecule has 3 heterocycles. The topological polar surface area (TPSA) is 364 Å². The summed E-state index contributed by atoms with van der Waals surface area (Å²) in [4.78, 5) is 111. The number of unbranched alkanes of at least 4 members (excludes halogenated alkanes) is 2. The molecule has 378 valence electrons. The molecule has 3 atom stereocenters. The quantitative estimate of drug-likeness (QED) is 0.0314. The first kappa shape index (κ1) is 52.8. The summed E-state index contributed by atoms with van der Waals surface area (Å²) in [6, 6.07) is 11.0. The van der Waals surface area contributed by atoms with E-state index < -0.39 is 47.7 Å². The van der Waals surface area contributed by atoms with Crippen molar-refractivity contribution in [2.75, 3.05) is 35.2 Å². The molecule has 7 amide bonds. The van der Waals surface area contributed by atoms with Gasteiger partial charge < -0.3 is 48.5 Å². The maximum Gasteiger partial charge on any atom is 0.326 e. The van der Waals surface area contributed by atoms with Crippen molar-refractivity contribution in [2.45, 2.75) is 84.0 Å². The van der Waals surface area contributed by atoms with Crippen LogP contribution in [0.3, 0.4) is 0 Å². The number of benzene rings is 3. The Morgan fingerprint density at radius 2 is 1.54 bits per heavy atom. The standard InChI is InChI=1S/C47H54ClN15O9/c1-24(2)39(57-34(64)9-5-4-6-21-63-35(65)18-19-36(63)66)45(70)53-25(3)42(67)54-29-15-16-30(31(22-29)41-59-61-62-60-41)44(69)51-20-7-8-33(46(71)72)55-43(68)26-10-13-28(14-11-26)52-23-27-12-17-32-37(38(27)48)40(49)58-47(50)56-32/h10-19,22,24-25,33,39,52H,4-9,20-21,23H2,1-3H3,(H,51,69)(H,53,70)(H,54,67)(H,55,68)(H,57,64)(H,71,72)(H4,49,50,56,58)(H,59,60,61,62)/t25-,33-,39-/m0/s1. The fourth-order valence-corrected chi connectivity index (χ4v) is 7.84. The highest BCUT2D eigenvalue weighted by Gasteiger charge is 2.28. The van der Waals surface area contributed by atoms with Gasteiger partial charge >= 0.3 is 5.97 Å². The monoisotopic (exact) mass is 1010 g/mol. The number of aromatic amines is 1. The van der Waals surface area contributed by atoms with Crippen molar-refractivity contribution in [3.05, 3.63) is 88.5 Å². The van der Waals surface area contributed by atoms with Crippen molar-refractivity contribution in [3.63, 3.8) is 0 Å². The minimum atomic E-state index is -1.28. The number of tetrazole rings is 1. The van der Waals surface area contributed by atoms with Crippen molar-refractivity contribution < 1.29 is 43.5 Å². The van der Waals surface area contributed by atoms with Crippen molar-refractivity contribution in [2.24, 2.45) is 5.92 Å². The van der Waals surface area contributed by atoms with Gasteiger partial charge in [-0.1, -0.05) is 37.9 Å². The van der Waals surface area contributed by atoms with E-state index >= 15 is 0 Å². The molecule has 5 aromatic rings. The van der Waals surface area contributed by atoms with Gasteiger partial charge in [-0.3, -0.25) is 38.5 Å². The van der Waals surface area contributed by atoms with Crippen LogP contribution in [0, 0.1) is 5.92 Å². The Morgan fingerprint density at radius 1 is 0.819 bits per heavy atom. The number of rotatable bonds is 24. The highest BCUT2D eigenvalue weighted by Crippen LogP contribution is 2.31. The SMILES string of the molecule is CC(C)[C@H](NC(=O)CCCCCN1C(=O)C=CC1=O)C(=O)N[C@@H](C)C(=O)Nc1ccc(C(=O)NCCC[C@H](NC(=O)c2ccc(NCc3ccc4nc(N)nc(N)c4c3Cl)cc2)C(=O)O)c(-c2nn[nH]n2)c1. The van der Waals surface area contributed by atoms with E-state index in [0.29, 0.717) is 53.0 Å². The van der Waals surface area contributed by atoms with Crippen LogP contribution in [-0.4, -0.2) is 119 Å². The average Bonchev–Trinajstić information content (AvgIpc) is 4.00. The van der Waals surface area contributed by atoms with Gasteiger partial charge in [-0.2, -0.15) is 10.2 Å². The molecule has 3 aromatic carbocycles. The lowest BCUT2D eigenvalue weighted by Gasteiger charge is -2.24. The van der Waals surface area contributed by atoms with E-state index in [2.05, 4.69) is 62.5 Å². The molecule has 0 unspecified atom stereocenters. The fraction of sp³-hybridized carbons (Fsp3) is 0.340. The van der Waals surface area contributed by atoms with Gasteiger partial charge in [-0.25, -0.2) is 9.78 Å². The number of aliphatic carboxylic acids is 1. The summed E-state index contributed by atoms with van der Waals surface area (Å²) in [5.74, 6) is -4.84. The third-order valence-corrected chi connectivity index (χ3v) is 11.9. The summed E-state index contributed by atoms with van der Waals surface area (Å²) < 4.78 is 0. The van der Waals surface area contributed by atoms with Crippen LogP contribution in [0.5, 0.6) is 0 Å². The summed E-state index contributed by atoms with van der Waals surface area (Å²) in [7, 11) is 0. The number of hydrogen-bond acceptors (Lipinski definition) is 16. The van der Waals surface area contributed by atoms with Gasteiger partial charge in [-0.05, 0) is 97.8 Å². The van der Waals surface area contributed by atoms with E-state index in [9.17, 15) is 43.5 Å². The third kappa shape index (κ3) is 13.8. The molecule has 24 nitrogen and oxygen atoms in total. The Labute approximate surface area is 416 Å². The molecule has 0 fully saturated rings. The Morgan fingerprint density at radius 3 is 2.22 bits per heavy atom. The number of hydrogen-bond donors (Lipinski definition) is 10. The molecule has 12 N–H and O–H groups in total. The number of carbonyl (C=O) groups excluding carboxylic acids is 7. The first-order valence-electron chi connectivity index (χ1n) is 22.9. The van der Waals surface area contributed by atoms with Crippen LogP contribution in [-0.2, 0) is 35.3 Å². The zero-order chi connectivity index (χ0) is 52.1. The molecule has 0 saturated heterocycles. The van der Waals surface area contributed by atoms with Gasteiger partial charge in [0, 0.05) is 60.7 Å². The highest BCUT2D eigenvalue weighted by atomic mass is 35.5. The number of halogens is 1.